The summed E-state index contributed by atoms with van der Waals surface area (Å²) in [5.74, 6) is -1.16. The quantitative estimate of drug-likeness (QED) is 0.410. The van der Waals surface area contributed by atoms with Crippen LogP contribution >= 0.6 is 23.2 Å². The number of ether oxygens (including phenoxy) is 1. The molecule has 0 aliphatic heterocycles. The van der Waals surface area contributed by atoms with Crippen molar-refractivity contribution < 1.29 is 22.7 Å². The topological polar surface area (TPSA) is 102 Å². The summed E-state index contributed by atoms with van der Waals surface area (Å²) in [5, 5.41) is 2.69. The zero-order valence-corrected chi connectivity index (χ0v) is 20.0. The first-order valence-electron chi connectivity index (χ1n) is 9.78. The summed E-state index contributed by atoms with van der Waals surface area (Å²) < 4.78 is 33.1. The molecule has 0 aromatic heterocycles. The molecule has 33 heavy (non-hydrogen) atoms. The smallest absolute Gasteiger partial charge is 0.339 e. The van der Waals surface area contributed by atoms with Crippen LogP contribution in [0.4, 0.5) is 11.4 Å². The zero-order chi connectivity index (χ0) is 24.2. The van der Waals surface area contributed by atoms with Gasteiger partial charge in [0.05, 0.1) is 22.2 Å². The summed E-state index contributed by atoms with van der Waals surface area (Å²) in [6, 6.07) is 15.0. The number of carbonyl (C=O) groups excluding carboxylic acids is 2. The molecule has 0 saturated heterocycles. The van der Waals surface area contributed by atoms with Gasteiger partial charge in [-0.1, -0.05) is 40.9 Å². The van der Waals surface area contributed by atoms with Crippen LogP contribution in [0.3, 0.4) is 0 Å². The summed E-state index contributed by atoms with van der Waals surface area (Å²) in [6.07, 6.45) is 0. The SMILES string of the molecule is CCOC(=O)c1ccc(NC(=O)c2ccc(Cl)c(S(=O)(=O)Nc3ccc(C)cc3)c2)cc1Cl. The molecular weight excluding hydrogens is 487 g/mol. The Kier molecular flexibility index (Phi) is 7.63. The molecule has 0 heterocycles. The number of rotatable bonds is 7. The first-order chi connectivity index (χ1) is 15.6. The summed E-state index contributed by atoms with van der Waals surface area (Å²) in [4.78, 5) is 24.3. The number of hydrogen-bond acceptors (Lipinski definition) is 5. The van der Waals surface area contributed by atoms with Crippen molar-refractivity contribution in [3.8, 4) is 0 Å². The highest BCUT2D eigenvalue weighted by molar-refractivity contribution is 7.92. The largest absolute Gasteiger partial charge is 0.462 e. The first-order valence-corrected chi connectivity index (χ1v) is 12.0. The van der Waals surface area contributed by atoms with E-state index < -0.39 is 21.9 Å². The molecule has 7 nitrogen and oxygen atoms in total. The molecule has 0 radical (unpaired) electrons. The van der Waals surface area contributed by atoms with Crippen LogP contribution in [0.15, 0.2) is 65.6 Å². The molecule has 0 saturated carbocycles. The van der Waals surface area contributed by atoms with E-state index in [0.717, 1.165) is 5.56 Å². The van der Waals surface area contributed by atoms with Gasteiger partial charge in [0.15, 0.2) is 0 Å². The molecule has 0 spiro atoms. The second-order valence-electron chi connectivity index (χ2n) is 6.99. The van der Waals surface area contributed by atoms with Gasteiger partial charge in [0.25, 0.3) is 15.9 Å². The number of carbonyl (C=O) groups is 2. The predicted octanol–water partition coefficient (Wildman–Crippen LogP) is 5.53. The number of nitrogens with one attached hydrogen (secondary N) is 2. The summed E-state index contributed by atoms with van der Waals surface area (Å²) >= 11 is 12.2. The maximum Gasteiger partial charge on any atom is 0.339 e. The normalized spacial score (nSPS) is 11.0. The minimum absolute atomic E-state index is 0.0343. The van der Waals surface area contributed by atoms with Crippen molar-refractivity contribution >= 4 is 56.5 Å². The molecule has 0 fully saturated rings. The molecule has 0 atom stereocenters. The molecule has 0 bridgehead atoms. The van der Waals surface area contributed by atoms with Gasteiger partial charge in [-0.05, 0) is 62.4 Å². The number of anilines is 2. The Bertz CT molecular complexity index is 1310. The fraction of sp³-hybridized carbons (Fsp3) is 0.130. The standard InChI is InChI=1S/C23H20Cl2N2O5S/c1-3-32-23(29)18-10-9-17(13-20(18)25)26-22(28)15-6-11-19(24)21(12-15)33(30,31)27-16-7-4-14(2)5-8-16/h4-13,27H,3H2,1-2H3,(H,26,28). The molecular formula is C23H20Cl2N2O5S. The van der Waals surface area contributed by atoms with Crippen molar-refractivity contribution in [2.45, 2.75) is 18.7 Å². The Labute approximate surface area is 201 Å². The third kappa shape index (κ3) is 6.04. The number of halogens is 2. The highest BCUT2D eigenvalue weighted by atomic mass is 35.5. The second kappa shape index (κ2) is 10.2. The van der Waals surface area contributed by atoms with E-state index >= 15 is 0 Å². The van der Waals surface area contributed by atoms with Crippen LogP contribution in [0, 0.1) is 6.92 Å². The Balaban J connectivity index is 1.82. The van der Waals surface area contributed by atoms with E-state index in [4.69, 9.17) is 27.9 Å². The average molecular weight is 507 g/mol. The van der Waals surface area contributed by atoms with Gasteiger partial charge in [-0.25, -0.2) is 13.2 Å². The lowest BCUT2D eigenvalue weighted by atomic mass is 10.2. The lowest BCUT2D eigenvalue weighted by Crippen LogP contribution is -2.16. The van der Waals surface area contributed by atoms with Crippen molar-refractivity contribution in [1.29, 1.82) is 0 Å². The number of sulfonamides is 1. The van der Waals surface area contributed by atoms with Gasteiger partial charge in [-0.3, -0.25) is 9.52 Å². The summed E-state index contributed by atoms with van der Waals surface area (Å²) in [6.45, 7) is 3.76. The molecule has 0 aliphatic rings. The van der Waals surface area contributed by atoms with Crippen molar-refractivity contribution in [2.24, 2.45) is 0 Å². The van der Waals surface area contributed by atoms with Crippen LogP contribution in [0.2, 0.25) is 10.0 Å². The molecule has 10 heteroatoms. The fourth-order valence-electron chi connectivity index (χ4n) is 2.85. The molecule has 172 valence electrons. The Hall–Kier alpha value is -3.07. The molecule has 3 rings (SSSR count). The van der Waals surface area contributed by atoms with E-state index in [0.29, 0.717) is 11.4 Å². The van der Waals surface area contributed by atoms with Crippen LogP contribution in [0.5, 0.6) is 0 Å². The van der Waals surface area contributed by atoms with Crippen LogP contribution < -0.4 is 10.0 Å². The lowest BCUT2D eigenvalue weighted by Gasteiger charge is -2.12. The highest BCUT2D eigenvalue weighted by Gasteiger charge is 2.21. The fourth-order valence-corrected chi connectivity index (χ4v) is 4.70. The van der Waals surface area contributed by atoms with E-state index in [1.807, 2.05) is 6.92 Å². The maximum absolute atomic E-state index is 12.9. The third-order valence-electron chi connectivity index (χ3n) is 4.51. The van der Waals surface area contributed by atoms with Gasteiger partial charge < -0.3 is 10.1 Å². The van der Waals surface area contributed by atoms with Gasteiger partial charge in [0.2, 0.25) is 0 Å². The highest BCUT2D eigenvalue weighted by Crippen LogP contribution is 2.27. The minimum atomic E-state index is -4.05. The van der Waals surface area contributed by atoms with E-state index in [-0.39, 0.29) is 32.7 Å². The van der Waals surface area contributed by atoms with Crippen LogP contribution in [0.1, 0.15) is 33.2 Å². The second-order valence-corrected chi connectivity index (χ2v) is 9.45. The van der Waals surface area contributed by atoms with Gasteiger partial charge in [0, 0.05) is 16.9 Å². The monoisotopic (exact) mass is 506 g/mol. The molecule has 2 N–H and O–H groups in total. The van der Waals surface area contributed by atoms with E-state index in [9.17, 15) is 18.0 Å². The van der Waals surface area contributed by atoms with E-state index in [1.54, 1.807) is 31.2 Å². The molecule has 3 aromatic rings. The Morgan fingerprint density at radius 2 is 1.58 bits per heavy atom. The van der Waals surface area contributed by atoms with Crippen LogP contribution in [-0.4, -0.2) is 26.9 Å². The number of benzene rings is 3. The van der Waals surface area contributed by atoms with Gasteiger partial charge in [-0.2, -0.15) is 0 Å². The van der Waals surface area contributed by atoms with E-state index in [2.05, 4.69) is 10.0 Å². The van der Waals surface area contributed by atoms with Gasteiger partial charge >= 0.3 is 5.97 Å². The lowest BCUT2D eigenvalue weighted by molar-refractivity contribution is 0.0526. The van der Waals surface area contributed by atoms with Gasteiger partial charge in [0.1, 0.15) is 4.90 Å². The Morgan fingerprint density at radius 1 is 0.909 bits per heavy atom. The number of esters is 1. The predicted molar refractivity (Wildman–Crippen MR) is 129 cm³/mol. The van der Waals surface area contributed by atoms with Crippen LogP contribution in [-0.2, 0) is 14.8 Å². The van der Waals surface area contributed by atoms with Crippen molar-refractivity contribution in [2.75, 3.05) is 16.6 Å². The van der Waals surface area contributed by atoms with E-state index in [1.165, 1.54) is 36.4 Å². The number of hydrogen-bond donors (Lipinski definition) is 2. The number of aryl methyl sites for hydroxylation is 1. The summed E-state index contributed by atoms with van der Waals surface area (Å²) in [7, 11) is -4.05. The van der Waals surface area contributed by atoms with Crippen LogP contribution in [0.25, 0.3) is 0 Å². The number of amides is 1. The zero-order valence-electron chi connectivity index (χ0n) is 17.7. The van der Waals surface area contributed by atoms with Crippen molar-refractivity contribution in [3.63, 3.8) is 0 Å². The molecule has 3 aromatic carbocycles. The van der Waals surface area contributed by atoms with Gasteiger partial charge in [-0.15, -0.1) is 0 Å². The first kappa shape index (κ1) is 24.6. The molecule has 0 unspecified atom stereocenters. The third-order valence-corrected chi connectivity index (χ3v) is 6.68. The minimum Gasteiger partial charge on any atom is -0.462 e. The molecule has 1 amide bonds. The van der Waals surface area contributed by atoms with Crippen molar-refractivity contribution in [3.05, 3.63) is 87.4 Å². The maximum atomic E-state index is 12.9. The average Bonchev–Trinajstić information content (AvgIpc) is 2.75. The Morgan fingerprint density at radius 3 is 2.21 bits per heavy atom. The summed E-state index contributed by atoms with van der Waals surface area (Å²) in [5.41, 5.74) is 1.89. The van der Waals surface area contributed by atoms with Crippen molar-refractivity contribution in [1.82, 2.24) is 0 Å². The molecule has 0 aliphatic carbocycles.